The van der Waals surface area contributed by atoms with Crippen LogP contribution in [0.2, 0.25) is 0 Å². The summed E-state index contributed by atoms with van der Waals surface area (Å²) in [4.78, 5) is 0. The first-order chi connectivity index (χ1) is 6.49. The Morgan fingerprint density at radius 2 is 2.07 bits per heavy atom. The summed E-state index contributed by atoms with van der Waals surface area (Å²) in [5, 5.41) is 9.63. The van der Waals surface area contributed by atoms with Crippen molar-refractivity contribution in [1.82, 2.24) is 0 Å². The van der Waals surface area contributed by atoms with Gasteiger partial charge in [-0.3, -0.25) is 0 Å². The van der Waals surface area contributed by atoms with Crippen LogP contribution in [0.25, 0.3) is 0 Å². The summed E-state index contributed by atoms with van der Waals surface area (Å²) in [6.45, 7) is 6.13. The molecule has 0 saturated heterocycles. The predicted molar refractivity (Wildman–Crippen MR) is 52.3 cm³/mol. The van der Waals surface area contributed by atoms with Gasteiger partial charge in [0.05, 0.1) is 6.61 Å². The summed E-state index contributed by atoms with van der Waals surface area (Å²) in [5.74, 6) is 0.0846. The summed E-state index contributed by atoms with van der Waals surface area (Å²) in [6, 6.07) is 3.51. The van der Waals surface area contributed by atoms with Gasteiger partial charge >= 0.3 is 0 Å². The molecule has 76 valence electrons. The maximum Gasteiger partial charge on any atom is 0.205 e. The van der Waals surface area contributed by atoms with Crippen molar-refractivity contribution in [2.24, 2.45) is 0 Å². The maximum atomic E-state index is 9.63. The van der Waals surface area contributed by atoms with E-state index in [1.807, 2.05) is 26.8 Å². The van der Waals surface area contributed by atoms with Gasteiger partial charge in [0, 0.05) is 19.4 Å². The van der Waals surface area contributed by atoms with Crippen LogP contribution in [0.15, 0.2) is 12.1 Å². The molecule has 0 aliphatic carbocycles. The Balaban J connectivity index is 2.51. The van der Waals surface area contributed by atoms with E-state index < -0.39 is 5.79 Å². The minimum absolute atomic E-state index is 0.182. The van der Waals surface area contributed by atoms with Crippen LogP contribution in [-0.4, -0.2) is 10.9 Å². The smallest absolute Gasteiger partial charge is 0.205 e. The molecule has 0 aromatic heterocycles. The zero-order valence-corrected chi connectivity index (χ0v) is 8.63. The number of aryl methyl sites for hydroxylation is 1. The molecule has 0 unspecified atom stereocenters. The molecule has 3 nitrogen and oxygen atoms in total. The van der Waals surface area contributed by atoms with E-state index in [1.54, 1.807) is 6.07 Å². The molecule has 0 saturated carbocycles. The van der Waals surface area contributed by atoms with Gasteiger partial charge < -0.3 is 14.6 Å². The molecule has 1 aliphatic heterocycles. The monoisotopic (exact) mass is 194 g/mol. The van der Waals surface area contributed by atoms with Gasteiger partial charge in [-0.05, 0) is 18.6 Å². The van der Waals surface area contributed by atoms with Crippen LogP contribution in [-0.2, 0) is 11.3 Å². The molecular formula is C11H14O3. The third-order valence-electron chi connectivity index (χ3n) is 2.39. The molecule has 1 aromatic carbocycles. The fourth-order valence-corrected chi connectivity index (χ4v) is 1.53. The lowest BCUT2D eigenvalue weighted by Crippen LogP contribution is -2.35. The topological polar surface area (TPSA) is 38.7 Å². The standard InChI is InChI=1S/C11H14O3/c1-7-4-5-9(12)10-8(7)6-13-11(2,3)14-10/h4-5,12H,6H2,1-3H3. The van der Waals surface area contributed by atoms with E-state index >= 15 is 0 Å². The number of hydrogen-bond acceptors (Lipinski definition) is 3. The Labute approximate surface area is 83.3 Å². The molecule has 1 aromatic rings. The first kappa shape index (κ1) is 9.34. The average molecular weight is 194 g/mol. The van der Waals surface area contributed by atoms with E-state index in [2.05, 4.69) is 0 Å². The van der Waals surface area contributed by atoms with E-state index in [-0.39, 0.29) is 5.75 Å². The minimum Gasteiger partial charge on any atom is -0.504 e. The Morgan fingerprint density at radius 1 is 1.36 bits per heavy atom. The lowest BCUT2D eigenvalue weighted by Gasteiger charge is -2.33. The number of hydrogen-bond donors (Lipinski definition) is 1. The van der Waals surface area contributed by atoms with Gasteiger partial charge in [-0.15, -0.1) is 0 Å². The van der Waals surface area contributed by atoms with Crippen LogP contribution in [0.5, 0.6) is 11.5 Å². The van der Waals surface area contributed by atoms with Gasteiger partial charge in [0.2, 0.25) is 5.79 Å². The molecule has 0 radical (unpaired) electrons. The van der Waals surface area contributed by atoms with Crippen molar-refractivity contribution in [3.8, 4) is 11.5 Å². The van der Waals surface area contributed by atoms with Crippen molar-refractivity contribution in [3.05, 3.63) is 23.3 Å². The quantitative estimate of drug-likeness (QED) is 0.689. The number of phenols is 1. The molecule has 14 heavy (non-hydrogen) atoms. The first-order valence-corrected chi connectivity index (χ1v) is 4.64. The number of benzene rings is 1. The third-order valence-corrected chi connectivity index (χ3v) is 2.39. The van der Waals surface area contributed by atoms with Crippen LogP contribution in [0.4, 0.5) is 0 Å². The summed E-state index contributed by atoms with van der Waals surface area (Å²) in [6.07, 6.45) is 0. The normalized spacial score (nSPS) is 18.5. The average Bonchev–Trinajstić information content (AvgIpc) is 2.10. The van der Waals surface area contributed by atoms with Gasteiger partial charge in [-0.25, -0.2) is 0 Å². The van der Waals surface area contributed by atoms with Crippen molar-refractivity contribution < 1.29 is 14.6 Å². The second-order valence-electron chi connectivity index (χ2n) is 4.00. The Morgan fingerprint density at radius 3 is 2.79 bits per heavy atom. The SMILES string of the molecule is Cc1ccc(O)c2c1COC(C)(C)O2. The highest BCUT2D eigenvalue weighted by Crippen LogP contribution is 2.39. The highest BCUT2D eigenvalue weighted by molar-refractivity contribution is 5.50. The number of rotatable bonds is 0. The van der Waals surface area contributed by atoms with Gasteiger partial charge in [0.1, 0.15) is 0 Å². The summed E-state index contributed by atoms with van der Waals surface area (Å²) in [5.41, 5.74) is 2.01. The molecule has 1 aliphatic rings. The van der Waals surface area contributed by atoms with Gasteiger partial charge in [-0.1, -0.05) is 6.07 Å². The summed E-state index contributed by atoms with van der Waals surface area (Å²) >= 11 is 0. The number of ether oxygens (including phenoxy) is 2. The third kappa shape index (κ3) is 1.44. The molecule has 0 amide bonds. The lowest BCUT2D eigenvalue weighted by atomic mass is 10.1. The second kappa shape index (κ2) is 2.89. The van der Waals surface area contributed by atoms with Crippen molar-refractivity contribution >= 4 is 0 Å². The van der Waals surface area contributed by atoms with Crippen LogP contribution in [0.1, 0.15) is 25.0 Å². The van der Waals surface area contributed by atoms with Crippen LogP contribution < -0.4 is 4.74 Å². The summed E-state index contributed by atoms with van der Waals surface area (Å²) in [7, 11) is 0. The highest BCUT2D eigenvalue weighted by Gasteiger charge is 2.29. The predicted octanol–water partition coefficient (Wildman–Crippen LogP) is 2.35. The Bertz CT molecular complexity index is 369. The first-order valence-electron chi connectivity index (χ1n) is 4.64. The summed E-state index contributed by atoms with van der Waals surface area (Å²) < 4.78 is 11.1. The molecular weight excluding hydrogens is 180 g/mol. The van der Waals surface area contributed by atoms with E-state index in [1.165, 1.54) is 0 Å². The zero-order chi connectivity index (χ0) is 10.3. The molecule has 1 N–H and O–H groups in total. The van der Waals surface area contributed by atoms with Gasteiger partial charge in [0.15, 0.2) is 11.5 Å². The van der Waals surface area contributed by atoms with Gasteiger partial charge in [0.25, 0.3) is 0 Å². The highest BCUT2D eigenvalue weighted by atomic mass is 16.7. The maximum absolute atomic E-state index is 9.63. The Kier molecular flexibility index (Phi) is 1.93. The Hall–Kier alpha value is -1.22. The van der Waals surface area contributed by atoms with E-state index in [4.69, 9.17) is 9.47 Å². The molecule has 0 atom stereocenters. The molecule has 0 fully saturated rings. The van der Waals surface area contributed by atoms with Crippen molar-refractivity contribution in [2.75, 3.05) is 0 Å². The zero-order valence-electron chi connectivity index (χ0n) is 8.63. The van der Waals surface area contributed by atoms with Crippen LogP contribution in [0.3, 0.4) is 0 Å². The van der Waals surface area contributed by atoms with Crippen molar-refractivity contribution in [2.45, 2.75) is 33.2 Å². The molecule has 3 heteroatoms. The number of aromatic hydroxyl groups is 1. The van der Waals surface area contributed by atoms with Gasteiger partial charge in [-0.2, -0.15) is 0 Å². The largest absolute Gasteiger partial charge is 0.504 e. The molecule has 0 spiro atoms. The number of phenolic OH excluding ortho intramolecular Hbond substituents is 1. The number of fused-ring (bicyclic) bond motifs is 1. The fraction of sp³-hybridized carbons (Fsp3) is 0.455. The lowest BCUT2D eigenvalue weighted by molar-refractivity contribution is -0.181. The van der Waals surface area contributed by atoms with Crippen molar-refractivity contribution in [3.63, 3.8) is 0 Å². The van der Waals surface area contributed by atoms with Crippen LogP contribution in [0, 0.1) is 6.92 Å². The molecule has 0 bridgehead atoms. The minimum atomic E-state index is -0.654. The second-order valence-corrected chi connectivity index (χ2v) is 4.00. The van der Waals surface area contributed by atoms with E-state index in [9.17, 15) is 5.11 Å². The molecule has 2 rings (SSSR count). The van der Waals surface area contributed by atoms with E-state index in [0.29, 0.717) is 12.4 Å². The van der Waals surface area contributed by atoms with Crippen molar-refractivity contribution in [1.29, 1.82) is 0 Å². The van der Waals surface area contributed by atoms with E-state index in [0.717, 1.165) is 11.1 Å². The fourth-order valence-electron chi connectivity index (χ4n) is 1.53. The molecule has 1 heterocycles. The van der Waals surface area contributed by atoms with Crippen LogP contribution >= 0.6 is 0 Å².